The van der Waals surface area contributed by atoms with Crippen molar-refractivity contribution in [3.63, 3.8) is 0 Å². The predicted octanol–water partition coefficient (Wildman–Crippen LogP) is -15.6. The Kier molecular flexibility index (Phi) is 49.4. The number of rotatable bonds is 50. The lowest BCUT2D eigenvalue weighted by atomic mass is 9.78. The number of amides is 3. The number of nitrogens with zero attached hydrogens (tertiary/aromatic N) is 9. The summed E-state index contributed by atoms with van der Waals surface area (Å²) in [7, 11) is -25.5. The van der Waals surface area contributed by atoms with Crippen molar-refractivity contribution in [1.29, 1.82) is 5.26 Å². The van der Waals surface area contributed by atoms with Gasteiger partial charge in [-0.05, 0) is 112 Å². The summed E-state index contributed by atoms with van der Waals surface area (Å²) in [6.07, 6.45) is 1.60. The Labute approximate surface area is 787 Å². The van der Waals surface area contributed by atoms with Crippen LogP contribution in [0.3, 0.4) is 0 Å². The first-order valence-corrected chi connectivity index (χ1v) is 50.0. The van der Waals surface area contributed by atoms with E-state index in [1.807, 2.05) is 0 Å². The van der Waals surface area contributed by atoms with Crippen molar-refractivity contribution >= 4 is 134 Å². The summed E-state index contributed by atoms with van der Waals surface area (Å²) in [5.74, 6) is -12.7. The number of carbonyl (C=O) groups excluding carboxylic acids is 3. The highest BCUT2D eigenvalue weighted by Crippen LogP contribution is 2.40. The lowest BCUT2D eigenvalue weighted by Gasteiger charge is -2.32. The highest BCUT2D eigenvalue weighted by atomic mass is 32.2. The fourth-order valence-electron chi connectivity index (χ4n) is 15.4. The van der Waals surface area contributed by atoms with Crippen molar-refractivity contribution in [1.82, 2.24) is 60.3 Å². The van der Waals surface area contributed by atoms with Gasteiger partial charge in [0, 0.05) is 147 Å². The molecule has 1 saturated carbocycles. The number of hydrogen-bond donors (Lipinski definition) is 31. The highest BCUT2D eigenvalue weighted by molar-refractivity contribution is 7.88. The van der Waals surface area contributed by atoms with Crippen LogP contribution in [0, 0.1) is 47.5 Å². The molecule has 6 aliphatic rings. The molecule has 6 rings (SSSR count). The third-order valence-corrected chi connectivity index (χ3v) is 32.3. The summed E-state index contributed by atoms with van der Waals surface area (Å²) in [4.78, 5) is 99.2. The normalized spacial score (nSPS) is 26.9. The summed E-state index contributed by atoms with van der Waals surface area (Å²) in [5, 5.41) is 154. The first-order chi connectivity index (χ1) is 61.9. The third kappa shape index (κ3) is 35.1. The van der Waals surface area contributed by atoms with Gasteiger partial charge in [0.05, 0.1) is 36.3 Å². The van der Waals surface area contributed by atoms with Crippen LogP contribution < -0.4 is 87.5 Å². The number of nitrogens with two attached hydrogens (primary N) is 10. The molecular formula is C67H138B5N25O33S5. The van der Waals surface area contributed by atoms with Gasteiger partial charge >= 0.3 is 71.6 Å². The van der Waals surface area contributed by atoms with E-state index in [4.69, 9.17) is 119 Å². The number of carboxylic acid groups (broad SMARTS) is 5. The molecule has 1 aliphatic carbocycles. The molecule has 20 atom stereocenters. The van der Waals surface area contributed by atoms with E-state index < -0.39 is 279 Å². The number of likely N-dealkylation sites (N-methyl/N-ethyl adjacent to an activating group) is 2. The summed E-state index contributed by atoms with van der Waals surface area (Å²) in [6, 6.07) is -4.89. The molecule has 0 aromatic rings. The SMILES string of the molecule is CC(C(N)C#N)N(C)S(=O)(=O)N1C[C@H](CCCB(O)O)[C@](N)(C(=O)O)C1.CC(N)CNS(=O)(=O)N1C[C@H](CCCB(O)O)[C@](NC(=O)[C@H](C)N)(C(=O)O)C1.C[C@H](N)C(=O)N[C@@]1(C(=O)O)CN(S(=O)(=O)NC2CC2N)C[C@@H]1CCCB(O)O.C[C@H](N)C(=O)N[C@@]1(C(=O)O)CN(S(=O)(=O)NCCN)C[C@@H]1CCCB(O)O.[C-]#[N+]C(C(C)N)N(C)S(=O)(=O)N1C[C@H](CCCB(O)O)[C@](N)(C(=O)O)C1. The molecule has 68 heteroatoms. The van der Waals surface area contributed by atoms with Crippen LogP contribution >= 0.6 is 0 Å². The topological polar surface area (TPSA) is 994 Å². The zero-order valence-electron chi connectivity index (χ0n) is 76.4. The molecule has 0 spiro atoms. The van der Waals surface area contributed by atoms with Crippen LogP contribution in [0.15, 0.2) is 0 Å². The van der Waals surface area contributed by atoms with Gasteiger partial charge in [0.25, 0.3) is 51.0 Å². The van der Waals surface area contributed by atoms with Crippen molar-refractivity contribution in [2.75, 3.05) is 99.2 Å². The van der Waals surface area contributed by atoms with Gasteiger partial charge in [-0.3, -0.25) is 28.8 Å². The zero-order chi connectivity index (χ0) is 104. The summed E-state index contributed by atoms with van der Waals surface area (Å²) < 4.78 is 140. The van der Waals surface area contributed by atoms with E-state index in [2.05, 4.69) is 35.0 Å². The predicted molar refractivity (Wildman–Crippen MR) is 488 cm³/mol. The Hall–Kier alpha value is -6.39. The van der Waals surface area contributed by atoms with E-state index in [9.17, 15) is 106 Å². The highest BCUT2D eigenvalue weighted by Gasteiger charge is 2.61. The maximum absolute atomic E-state index is 12.8. The van der Waals surface area contributed by atoms with E-state index in [0.717, 1.165) is 30.1 Å². The van der Waals surface area contributed by atoms with E-state index >= 15 is 0 Å². The first kappa shape index (κ1) is 125. The average molecular weight is 2040 g/mol. The van der Waals surface area contributed by atoms with Gasteiger partial charge in [-0.25, -0.2) is 30.4 Å². The molecule has 58 nitrogen and oxygen atoms in total. The molecule has 135 heavy (non-hydrogen) atoms. The van der Waals surface area contributed by atoms with Crippen molar-refractivity contribution in [2.45, 2.75) is 232 Å². The number of aliphatic carboxylic acids is 5. The molecule has 7 unspecified atom stereocenters. The fourth-order valence-corrected chi connectivity index (χ4v) is 22.9. The second-order valence-electron chi connectivity index (χ2n) is 34.9. The van der Waals surface area contributed by atoms with Gasteiger partial charge in [-0.2, -0.15) is 77.9 Å². The minimum atomic E-state index is -4.14. The van der Waals surface area contributed by atoms with Gasteiger partial charge < -0.3 is 149 Å². The first-order valence-electron chi connectivity index (χ1n) is 42.9. The smallest absolute Gasteiger partial charge is 0.451 e. The molecule has 5 saturated heterocycles. The molecule has 41 N–H and O–H groups in total. The van der Waals surface area contributed by atoms with Crippen LogP contribution in [-0.2, 0) is 89.4 Å². The summed E-state index contributed by atoms with van der Waals surface area (Å²) in [6.45, 7) is 12.9. The Morgan fingerprint density at radius 2 is 0.748 bits per heavy atom. The van der Waals surface area contributed by atoms with Gasteiger partial charge in [-0.15, -0.1) is 4.31 Å². The number of nitrogens with one attached hydrogen (secondary N) is 6. The third-order valence-electron chi connectivity index (χ3n) is 23.9. The zero-order valence-corrected chi connectivity index (χ0v) is 80.5. The molecule has 5 heterocycles. The molecule has 3 amide bonds. The molecule has 5 aliphatic heterocycles. The maximum atomic E-state index is 12.8. The number of hydrogen-bond acceptors (Lipinski definition) is 39. The van der Waals surface area contributed by atoms with E-state index in [0.29, 0.717) is 6.42 Å². The van der Waals surface area contributed by atoms with Gasteiger partial charge in [0.15, 0.2) is 16.6 Å². The van der Waals surface area contributed by atoms with Crippen molar-refractivity contribution in [3.8, 4) is 6.07 Å². The van der Waals surface area contributed by atoms with Crippen LogP contribution in [0.25, 0.3) is 4.85 Å². The molecule has 774 valence electrons. The van der Waals surface area contributed by atoms with Crippen molar-refractivity contribution in [2.24, 2.45) is 86.9 Å². The number of carbonyl (C=O) groups is 8. The molecule has 0 aromatic carbocycles. The lowest BCUT2D eigenvalue weighted by Crippen LogP contribution is -2.62. The van der Waals surface area contributed by atoms with Crippen LogP contribution in [-0.4, -0.2) is 419 Å². The molecule has 0 radical (unpaired) electrons. The molecule has 0 aromatic heterocycles. The summed E-state index contributed by atoms with van der Waals surface area (Å²) >= 11 is 0. The quantitative estimate of drug-likeness (QED) is 0.0199. The van der Waals surface area contributed by atoms with E-state index in [-0.39, 0.29) is 154 Å². The van der Waals surface area contributed by atoms with E-state index in [1.54, 1.807) is 13.0 Å². The van der Waals surface area contributed by atoms with E-state index in [1.165, 1.54) is 48.7 Å². The second kappa shape index (κ2) is 53.5. The average Bonchev–Trinajstić information content (AvgIpc) is 1.62. The minimum absolute atomic E-state index is 0.00460. The summed E-state index contributed by atoms with van der Waals surface area (Å²) in [5.41, 5.74) is 47.1. The second-order valence-corrected chi connectivity index (χ2v) is 44.0. The van der Waals surface area contributed by atoms with Gasteiger partial charge in [0.1, 0.15) is 17.1 Å². The van der Waals surface area contributed by atoms with Crippen LogP contribution in [0.1, 0.15) is 112 Å². The van der Waals surface area contributed by atoms with Crippen molar-refractivity contribution < 1.29 is 156 Å². The minimum Gasteiger partial charge on any atom is -0.480 e. The Morgan fingerprint density at radius 3 is 0.993 bits per heavy atom. The molecular weight excluding hydrogens is 1900 g/mol. The Morgan fingerprint density at radius 1 is 0.467 bits per heavy atom. The van der Waals surface area contributed by atoms with Crippen LogP contribution in [0.5, 0.6) is 0 Å². The standard InChI is InChI=1S/C14H28BN5O7S.C14H30BN5O7S.C13H28BN5O7S.2C13H26BN5O6S/c1-8(16)12(21)18-14(13(22)23)7-20(6-9(14)3-2-4-15(24)25)28(26,27)19-11-5-10(11)17;1-9(16)6-18-28(26,27)20-7-11(4-3-5-15(24)25)14(8-20,13(22)23)19-12(21)10(2)17;1-9(16)11(20)18-13(12(21)22)8-19(27(25,26)17-6-5-15)7-10(13)3-2-4-14(23)24;1-9(15)11(17-2)18(3)26(24,25)19-7-10(5-4-6-14(22)23)13(16,8-19)12(20)21;1-9(11(16)6-15)18(2)26(24,25)19-7-10(4-3-5-14(22)23)13(17,8-19)12(20)21/h8-11,19,24-25H,2-7,16-17H2,1H3,(H,18,21)(H,22,23);9-11,18,24-25H,3-8,16-17H2,1-2H3,(H,19,21)(H,22,23);9-10,17,23-24H,2-8,15-16H2,1H3,(H,18,20)(H,21,22);9-11,22-23H,4-8,15-16H2,1,3H3,(H,20,21);9-11,22-23H,3-5,7-8,16-17H2,1-2H3,(H,20,21)/t8-,9-,10?,11?,14-;9?,10-,11-,14-;9-,10-,13-;2*9?,10-,11?,13-/m00000/s1. The number of nitriles is 1. The maximum Gasteiger partial charge on any atom is 0.451 e. The number of carboxylic acids is 5. The molecule has 0 bridgehead atoms. The van der Waals surface area contributed by atoms with Crippen LogP contribution in [0.4, 0.5) is 0 Å². The Bertz CT molecular complexity index is 4610. The van der Waals surface area contributed by atoms with Crippen molar-refractivity contribution in [3.05, 3.63) is 11.4 Å². The van der Waals surface area contributed by atoms with Gasteiger partial charge in [0.2, 0.25) is 17.7 Å². The largest absolute Gasteiger partial charge is 0.480 e. The Balaban J connectivity index is 0.000000571. The van der Waals surface area contributed by atoms with Gasteiger partial charge in [-0.1, -0.05) is 32.1 Å². The monoisotopic (exact) mass is 2040 g/mol. The van der Waals surface area contributed by atoms with Crippen LogP contribution in [0.2, 0.25) is 31.6 Å². The fraction of sp³-hybridized carbons (Fsp3) is 0.851. The molecule has 6 fully saturated rings. The lowest BCUT2D eigenvalue weighted by molar-refractivity contribution is -0.149.